The van der Waals surface area contributed by atoms with Gasteiger partial charge in [-0.1, -0.05) is 17.7 Å². The van der Waals surface area contributed by atoms with Crippen LogP contribution in [0.4, 0.5) is 4.39 Å². The molecule has 1 aromatic carbocycles. The molecule has 1 atom stereocenters. The van der Waals surface area contributed by atoms with Crippen molar-refractivity contribution in [3.63, 3.8) is 0 Å². The lowest BCUT2D eigenvalue weighted by Gasteiger charge is -2.40. The second-order valence-electron chi connectivity index (χ2n) is 5.92. The third-order valence-electron chi connectivity index (χ3n) is 4.24. The molecule has 0 bridgehead atoms. The van der Waals surface area contributed by atoms with E-state index < -0.39 is 11.4 Å². The van der Waals surface area contributed by atoms with E-state index in [0.717, 1.165) is 12.8 Å². The van der Waals surface area contributed by atoms with Crippen LogP contribution in [-0.2, 0) is 16.1 Å². The molecule has 0 spiro atoms. The van der Waals surface area contributed by atoms with Gasteiger partial charge in [-0.25, -0.2) is 4.39 Å². The van der Waals surface area contributed by atoms with Gasteiger partial charge in [0.25, 0.3) is 0 Å². The first kappa shape index (κ1) is 14.3. The molecule has 1 heterocycles. The molecule has 1 unspecified atom stereocenters. The monoisotopic (exact) mass is 310 g/mol. The lowest BCUT2D eigenvalue weighted by molar-refractivity contribution is -0.150. The van der Waals surface area contributed by atoms with Crippen LogP contribution >= 0.6 is 11.6 Å². The summed E-state index contributed by atoms with van der Waals surface area (Å²) in [6.07, 6.45) is 1.87. The molecule has 21 heavy (non-hydrogen) atoms. The van der Waals surface area contributed by atoms with Gasteiger partial charge in [-0.15, -0.1) is 0 Å². The van der Waals surface area contributed by atoms with Gasteiger partial charge in [0.05, 0.1) is 6.54 Å². The molecule has 4 nitrogen and oxygen atoms in total. The van der Waals surface area contributed by atoms with Crippen molar-refractivity contribution in [2.75, 3.05) is 6.54 Å². The van der Waals surface area contributed by atoms with E-state index in [2.05, 4.69) is 5.32 Å². The van der Waals surface area contributed by atoms with Gasteiger partial charge in [0.15, 0.2) is 0 Å². The van der Waals surface area contributed by atoms with Gasteiger partial charge in [0, 0.05) is 17.1 Å². The summed E-state index contributed by atoms with van der Waals surface area (Å²) in [6.45, 7) is 1.80. The maximum atomic E-state index is 13.9. The number of benzene rings is 1. The van der Waals surface area contributed by atoms with Crippen LogP contribution in [0.2, 0.25) is 5.02 Å². The normalized spacial score (nSPS) is 26.0. The summed E-state index contributed by atoms with van der Waals surface area (Å²) in [6, 6.07) is 4.34. The van der Waals surface area contributed by atoms with Gasteiger partial charge < -0.3 is 10.2 Å². The number of rotatable bonds is 3. The molecule has 2 aliphatic rings. The predicted octanol–water partition coefficient (Wildman–Crippen LogP) is 2.11. The molecular formula is C15H16ClFN2O2. The highest BCUT2D eigenvalue weighted by Crippen LogP contribution is 2.41. The maximum Gasteiger partial charge on any atom is 0.249 e. The molecule has 0 radical (unpaired) electrons. The van der Waals surface area contributed by atoms with E-state index in [1.807, 2.05) is 0 Å². The zero-order chi connectivity index (χ0) is 15.2. The third kappa shape index (κ3) is 2.62. The first-order valence-electron chi connectivity index (χ1n) is 6.94. The van der Waals surface area contributed by atoms with Gasteiger partial charge in [-0.2, -0.15) is 0 Å². The zero-order valence-electron chi connectivity index (χ0n) is 11.7. The summed E-state index contributed by atoms with van der Waals surface area (Å²) in [5.41, 5.74) is -0.487. The van der Waals surface area contributed by atoms with Crippen LogP contribution in [0.1, 0.15) is 25.3 Å². The third-order valence-corrected chi connectivity index (χ3v) is 4.47. The molecule has 1 saturated heterocycles. The minimum atomic E-state index is -0.849. The largest absolute Gasteiger partial charge is 0.340 e. The number of nitrogens with one attached hydrogen (secondary N) is 1. The van der Waals surface area contributed by atoms with E-state index in [1.54, 1.807) is 19.1 Å². The van der Waals surface area contributed by atoms with Crippen molar-refractivity contribution in [1.82, 2.24) is 10.2 Å². The molecule has 3 rings (SSSR count). The van der Waals surface area contributed by atoms with E-state index in [9.17, 15) is 14.0 Å². The van der Waals surface area contributed by atoms with E-state index >= 15 is 0 Å². The number of piperazine rings is 1. The Balaban J connectivity index is 1.83. The van der Waals surface area contributed by atoms with Gasteiger partial charge in [-0.05, 0) is 37.8 Å². The van der Waals surface area contributed by atoms with Crippen molar-refractivity contribution >= 4 is 23.4 Å². The Morgan fingerprint density at radius 2 is 2.14 bits per heavy atom. The molecule has 1 aromatic rings. The Hall–Kier alpha value is -1.62. The van der Waals surface area contributed by atoms with Crippen LogP contribution in [0.5, 0.6) is 0 Å². The minimum Gasteiger partial charge on any atom is -0.340 e. The number of nitrogens with zero attached hydrogens (tertiary/aromatic N) is 1. The average molecular weight is 311 g/mol. The minimum absolute atomic E-state index is 0.0385. The Bertz CT molecular complexity index is 618. The maximum absolute atomic E-state index is 13.9. The van der Waals surface area contributed by atoms with Crippen LogP contribution < -0.4 is 5.32 Å². The molecule has 2 fully saturated rings. The molecule has 2 amide bonds. The molecule has 6 heteroatoms. The summed E-state index contributed by atoms with van der Waals surface area (Å²) in [5, 5.41) is 3.11. The van der Waals surface area contributed by atoms with Crippen LogP contribution in [-0.4, -0.2) is 28.8 Å². The lowest BCUT2D eigenvalue weighted by Crippen LogP contribution is -2.66. The van der Waals surface area contributed by atoms with Crippen LogP contribution in [0.25, 0.3) is 0 Å². The van der Waals surface area contributed by atoms with Gasteiger partial charge in [-0.3, -0.25) is 9.59 Å². The van der Waals surface area contributed by atoms with E-state index in [0.29, 0.717) is 10.6 Å². The second-order valence-corrected chi connectivity index (χ2v) is 6.36. The summed E-state index contributed by atoms with van der Waals surface area (Å²) in [4.78, 5) is 25.9. The highest BCUT2D eigenvalue weighted by Gasteiger charge is 2.52. The fraction of sp³-hybridized carbons (Fsp3) is 0.467. The SMILES string of the molecule is CC1(C2CC2)NC(=O)CN(Cc2ccc(Cl)cc2F)C1=O. The molecule has 1 saturated carbocycles. The van der Waals surface area contributed by atoms with Gasteiger partial charge in [0.1, 0.15) is 11.4 Å². The number of carbonyl (C=O) groups excluding carboxylic acids is 2. The van der Waals surface area contributed by atoms with Crippen molar-refractivity contribution in [3.05, 3.63) is 34.6 Å². The van der Waals surface area contributed by atoms with E-state index in [-0.39, 0.29) is 30.8 Å². The molecule has 0 aromatic heterocycles. The van der Waals surface area contributed by atoms with Crippen molar-refractivity contribution in [2.24, 2.45) is 5.92 Å². The first-order valence-corrected chi connectivity index (χ1v) is 7.32. The van der Waals surface area contributed by atoms with Crippen molar-refractivity contribution < 1.29 is 14.0 Å². The predicted molar refractivity (Wildman–Crippen MR) is 76.1 cm³/mol. The quantitative estimate of drug-likeness (QED) is 0.929. The van der Waals surface area contributed by atoms with Crippen molar-refractivity contribution in [3.8, 4) is 0 Å². The Morgan fingerprint density at radius 3 is 2.76 bits per heavy atom. The Morgan fingerprint density at radius 1 is 1.43 bits per heavy atom. The molecular weight excluding hydrogens is 295 g/mol. The number of carbonyl (C=O) groups is 2. The van der Waals surface area contributed by atoms with Gasteiger partial charge >= 0.3 is 0 Å². The smallest absolute Gasteiger partial charge is 0.249 e. The molecule has 1 aliphatic carbocycles. The molecule has 1 N–H and O–H groups in total. The Kier molecular flexibility index (Phi) is 3.40. The summed E-state index contributed by atoms with van der Waals surface area (Å²) in [7, 11) is 0. The zero-order valence-corrected chi connectivity index (χ0v) is 12.4. The second kappa shape index (κ2) is 4.98. The average Bonchev–Trinajstić information content (AvgIpc) is 3.23. The van der Waals surface area contributed by atoms with Crippen LogP contribution in [0.3, 0.4) is 0 Å². The first-order chi connectivity index (χ1) is 9.90. The summed E-state index contributed by atoms with van der Waals surface area (Å²) < 4.78 is 13.9. The van der Waals surface area contributed by atoms with Crippen molar-refractivity contribution in [1.29, 1.82) is 0 Å². The standard InChI is InChI=1S/C15H16ClFN2O2/c1-15(10-3-4-10)14(21)19(8-13(20)18-15)7-9-2-5-11(16)6-12(9)17/h2,5-6,10H,3-4,7-8H2,1H3,(H,18,20). The van der Waals surface area contributed by atoms with Crippen molar-refractivity contribution in [2.45, 2.75) is 31.8 Å². The number of amides is 2. The number of hydrogen-bond acceptors (Lipinski definition) is 2. The molecule has 1 aliphatic heterocycles. The summed E-state index contributed by atoms with van der Waals surface area (Å²) >= 11 is 5.72. The number of halogens is 2. The van der Waals surface area contributed by atoms with E-state index in [4.69, 9.17) is 11.6 Å². The van der Waals surface area contributed by atoms with E-state index in [1.165, 1.54) is 11.0 Å². The van der Waals surface area contributed by atoms with Gasteiger partial charge in [0.2, 0.25) is 11.8 Å². The highest BCUT2D eigenvalue weighted by atomic mass is 35.5. The van der Waals surface area contributed by atoms with Crippen LogP contribution in [0.15, 0.2) is 18.2 Å². The highest BCUT2D eigenvalue weighted by molar-refractivity contribution is 6.30. The molecule has 112 valence electrons. The number of hydrogen-bond donors (Lipinski definition) is 1. The summed E-state index contributed by atoms with van der Waals surface area (Å²) in [5.74, 6) is -0.612. The Labute approximate surface area is 127 Å². The fourth-order valence-corrected chi connectivity index (χ4v) is 3.04. The lowest BCUT2D eigenvalue weighted by atomic mass is 9.91. The topological polar surface area (TPSA) is 49.4 Å². The fourth-order valence-electron chi connectivity index (χ4n) is 2.88. The van der Waals surface area contributed by atoms with Crippen LogP contribution in [0, 0.1) is 11.7 Å².